The molecule has 1 unspecified atom stereocenters. The number of rotatable bonds is 7. The molecule has 1 aromatic heterocycles. The highest BCUT2D eigenvalue weighted by Gasteiger charge is 2.15. The topological polar surface area (TPSA) is 39.1 Å². The summed E-state index contributed by atoms with van der Waals surface area (Å²) in [7, 11) is 1.68. The molecule has 0 amide bonds. The monoisotopic (exact) mass is 245 g/mol. The van der Waals surface area contributed by atoms with Crippen LogP contribution in [0.25, 0.3) is 0 Å². The van der Waals surface area contributed by atoms with Gasteiger partial charge in [-0.05, 0) is 19.9 Å². The van der Waals surface area contributed by atoms with Gasteiger partial charge in [-0.1, -0.05) is 18.5 Å². The Hall–Kier alpha value is -0.580. The van der Waals surface area contributed by atoms with Crippen LogP contribution in [0, 0.1) is 0 Å². The Kier molecular flexibility index (Phi) is 5.80. The van der Waals surface area contributed by atoms with E-state index in [0.29, 0.717) is 11.6 Å². The molecule has 0 bridgehead atoms. The van der Waals surface area contributed by atoms with Crippen LogP contribution in [0.4, 0.5) is 0 Å². The molecule has 1 rings (SSSR count). The molecule has 4 nitrogen and oxygen atoms in total. The van der Waals surface area contributed by atoms with Crippen LogP contribution in [0.2, 0.25) is 5.02 Å². The van der Waals surface area contributed by atoms with E-state index in [1.807, 2.05) is 4.68 Å². The third-order valence-electron chi connectivity index (χ3n) is 2.45. The van der Waals surface area contributed by atoms with Crippen LogP contribution < -0.4 is 5.32 Å². The molecule has 16 heavy (non-hydrogen) atoms. The van der Waals surface area contributed by atoms with Crippen molar-refractivity contribution in [2.45, 2.75) is 32.9 Å². The first-order valence-corrected chi connectivity index (χ1v) is 6.02. The first-order valence-electron chi connectivity index (χ1n) is 5.64. The third-order valence-corrected chi connectivity index (χ3v) is 2.74. The van der Waals surface area contributed by atoms with Gasteiger partial charge in [0, 0.05) is 13.2 Å². The first kappa shape index (κ1) is 13.5. The predicted octanol–water partition coefficient (Wildman–Crippen LogP) is 2.24. The van der Waals surface area contributed by atoms with Gasteiger partial charge in [0.15, 0.2) is 0 Å². The second-order valence-corrected chi connectivity index (χ2v) is 4.18. The Balaban J connectivity index is 2.71. The summed E-state index contributed by atoms with van der Waals surface area (Å²) in [5.74, 6) is 0. The number of hydrogen-bond acceptors (Lipinski definition) is 3. The van der Waals surface area contributed by atoms with Gasteiger partial charge in [0.25, 0.3) is 0 Å². The van der Waals surface area contributed by atoms with Crippen molar-refractivity contribution in [3.8, 4) is 0 Å². The van der Waals surface area contributed by atoms with Crippen molar-refractivity contribution >= 4 is 11.6 Å². The van der Waals surface area contributed by atoms with Crippen molar-refractivity contribution in [3.05, 3.63) is 16.9 Å². The van der Waals surface area contributed by atoms with Gasteiger partial charge >= 0.3 is 0 Å². The molecule has 0 aliphatic heterocycles. The minimum Gasteiger partial charge on any atom is -0.383 e. The molecule has 0 fully saturated rings. The molecule has 5 heteroatoms. The second kappa shape index (κ2) is 6.89. The van der Waals surface area contributed by atoms with Crippen LogP contribution in [0.15, 0.2) is 6.20 Å². The van der Waals surface area contributed by atoms with Gasteiger partial charge in [0.1, 0.15) is 0 Å². The molecular weight excluding hydrogens is 226 g/mol. The fourth-order valence-corrected chi connectivity index (χ4v) is 1.92. The standard InChI is InChI=1S/C11H20ClN3O/c1-4-5-13-9(2)11-10(12)8-14-15(11)6-7-16-3/h8-9,13H,4-7H2,1-3H3. The van der Waals surface area contributed by atoms with E-state index >= 15 is 0 Å². The molecule has 0 aliphatic rings. The lowest BCUT2D eigenvalue weighted by Gasteiger charge is -2.16. The van der Waals surface area contributed by atoms with Crippen LogP contribution >= 0.6 is 11.6 Å². The van der Waals surface area contributed by atoms with Crippen LogP contribution in [-0.2, 0) is 11.3 Å². The molecule has 1 N–H and O–H groups in total. The molecule has 0 aliphatic carbocycles. The predicted molar refractivity (Wildman–Crippen MR) is 65.8 cm³/mol. The molecule has 0 saturated carbocycles. The Bertz CT molecular complexity index is 314. The quantitative estimate of drug-likeness (QED) is 0.801. The minimum atomic E-state index is 0.215. The van der Waals surface area contributed by atoms with Crippen molar-refractivity contribution in [1.82, 2.24) is 15.1 Å². The van der Waals surface area contributed by atoms with E-state index in [1.165, 1.54) is 0 Å². The average molecular weight is 246 g/mol. The van der Waals surface area contributed by atoms with E-state index in [2.05, 4.69) is 24.3 Å². The fraction of sp³-hybridized carbons (Fsp3) is 0.727. The minimum absolute atomic E-state index is 0.215. The Morgan fingerprint density at radius 1 is 1.62 bits per heavy atom. The van der Waals surface area contributed by atoms with Crippen molar-refractivity contribution in [1.29, 1.82) is 0 Å². The summed E-state index contributed by atoms with van der Waals surface area (Å²) in [5, 5.41) is 8.37. The first-order chi connectivity index (χ1) is 7.70. The molecule has 92 valence electrons. The normalized spacial score (nSPS) is 13.0. The zero-order chi connectivity index (χ0) is 12.0. The van der Waals surface area contributed by atoms with Gasteiger partial charge in [-0.2, -0.15) is 5.10 Å². The summed E-state index contributed by atoms with van der Waals surface area (Å²) in [4.78, 5) is 0. The smallest absolute Gasteiger partial charge is 0.0834 e. The van der Waals surface area contributed by atoms with Gasteiger partial charge in [-0.3, -0.25) is 4.68 Å². The van der Waals surface area contributed by atoms with Crippen LogP contribution in [-0.4, -0.2) is 30.0 Å². The van der Waals surface area contributed by atoms with Gasteiger partial charge in [-0.25, -0.2) is 0 Å². The Morgan fingerprint density at radius 3 is 3.00 bits per heavy atom. The number of ether oxygens (including phenoxy) is 1. The number of methoxy groups -OCH3 is 1. The number of halogens is 1. The van der Waals surface area contributed by atoms with E-state index in [0.717, 1.165) is 25.2 Å². The summed E-state index contributed by atoms with van der Waals surface area (Å²) in [6.45, 7) is 6.60. The highest BCUT2D eigenvalue weighted by molar-refractivity contribution is 6.31. The van der Waals surface area contributed by atoms with Crippen molar-refractivity contribution < 1.29 is 4.74 Å². The fourth-order valence-electron chi connectivity index (χ4n) is 1.62. The zero-order valence-electron chi connectivity index (χ0n) is 10.2. The number of nitrogens with zero attached hydrogens (tertiary/aromatic N) is 2. The Labute approximate surface area is 102 Å². The van der Waals surface area contributed by atoms with Gasteiger partial charge in [-0.15, -0.1) is 0 Å². The van der Waals surface area contributed by atoms with E-state index in [9.17, 15) is 0 Å². The maximum absolute atomic E-state index is 6.13. The largest absolute Gasteiger partial charge is 0.383 e. The maximum atomic E-state index is 6.13. The number of nitrogens with one attached hydrogen (secondary N) is 1. The molecule has 0 saturated heterocycles. The van der Waals surface area contributed by atoms with E-state index < -0.39 is 0 Å². The van der Waals surface area contributed by atoms with Crippen molar-refractivity contribution in [2.75, 3.05) is 20.3 Å². The van der Waals surface area contributed by atoms with Crippen LogP contribution in [0.1, 0.15) is 32.0 Å². The van der Waals surface area contributed by atoms with Gasteiger partial charge in [0.05, 0.1) is 30.1 Å². The van der Waals surface area contributed by atoms with Crippen molar-refractivity contribution in [3.63, 3.8) is 0 Å². The van der Waals surface area contributed by atoms with E-state index in [1.54, 1.807) is 13.3 Å². The lowest BCUT2D eigenvalue weighted by atomic mass is 10.2. The summed E-state index contributed by atoms with van der Waals surface area (Å²) in [6.07, 6.45) is 2.80. The molecule has 1 atom stereocenters. The highest BCUT2D eigenvalue weighted by Crippen LogP contribution is 2.22. The lowest BCUT2D eigenvalue weighted by molar-refractivity contribution is 0.181. The summed E-state index contributed by atoms with van der Waals surface area (Å²) < 4.78 is 6.95. The second-order valence-electron chi connectivity index (χ2n) is 3.77. The maximum Gasteiger partial charge on any atom is 0.0834 e. The Morgan fingerprint density at radius 2 is 2.38 bits per heavy atom. The molecule has 0 aromatic carbocycles. The summed E-state index contributed by atoms with van der Waals surface area (Å²) in [5.41, 5.74) is 1.03. The van der Waals surface area contributed by atoms with Gasteiger partial charge in [0.2, 0.25) is 0 Å². The molecular formula is C11H20ClN3O. The third kappa shape index (κ3) is 3.47. The molecule has 0 radical (unpaired) electrons. The molecule has 0 spiro atoms. The molecule has 1 heterocycles. The zero-order valence-corrected chi connectivity index (χ0v) is 10.9. The van der Waals surface area contributed by atoms with E-state index in [-0.39, 0.29) is 6.04 Å². The summed E-state index contributed by atoms with van der Waals surface area (Å²) in [6, 6.07) is 0.215. The van der Waals surface area contributed by atoms with Crippen LogP contribution in [0.3, 0.4) is 0 Å². The summed E-state index contributed by atoms with van der Waals surface area (Å²) >= 11 is 6.13. The lowest BCUT2D eigenvalue weighted by Crippen LogP contribution is -2.23. The number of hydrogen-bond donors (Lipinski definition) is 1. The van der Waals surface area contributed by atoms with Gasteiger partial charge < -0.3 is 10.1 Å². The van der Waals surface area contributed by atoms with E-state index in [4.69, 9.17) is 16.3 Å². The number of aromatic nitrogens is 2. The molecule has 1 aromatic rings. The van der Waals surface area contributed by atoms with Crippen molar-refractivity contribution in [2.24, 2.45) is 0 Å². The SMILES string of the molecule is CCCNC(C)c1c(Cl)cnn1CCOC. The average Bonchev–Trinajstić information content (AvgIpc) is 2.64. The van der Waals surface area contributed by atoms with Crippen LogP contribution in [0.5, 0.6) is 0 Å². The highest BCUT2D eigenvalue weighted by atomic mass is 35.5.